The molecule has 1 aromatic rings. The van der Waals surface area contributed by atoms with Crippen molar-refractivity contribution < 1.29 is 4.74 Å². The molecule has 1 aliphatic carbocycles. The smallest absolute Gasteiger partial charge is 0.212 e. The number of rotatable bonds is 3. The van der Waals surface area contributed by atoms with Crippen LogP contribution in [-0.2, 0) is 0 Å². The maximum atomic E-state index is 5.75. The van der Waals surface area contributed by atoms with E-state index in [4.69, 9.17) is 10.5 Å². The summed E-state index contributed by atoms with van der Waals surface area (Å²) in [7, 11) is 1.63. The first-order valence-corrected chi connectivity index (χ1v) is 5.31. The van der Waals surface area contributed by atoms with Gasteiger partial charge in [0.1, 0.15) is 0 Å². The highest BCUT2D eigenvalue weighted by Crippen LogP contribution is 2.63. The average Bonchev–Trinajstić information content (AvgIpc) is 2.80. The summed E-state index contributed by atoms with van der Waals surface area (Å²) >= 11 is 0. The fraction of sp³-hybridized carbons (Fsp3) is 0.583. The molecule has 3 nitrogen and oxygen atoms in total. The maximum Gasteiger partial charge on any atom is 0.212 e. The van der Waals surface area contributed by atoms with Crippen molar-refractivity contribution in [2.75, 3.05) is 13.7 Å². The number of ether oxygens (including phenoxy) is 1. The maximum absolute atomic E-state index is 5.75. The minimum atomic E-state index is 0.324. The summed E-state index contributed by atoms with van der Waals surface area (Å²) in [6.45, 7) is 5.28. The first kappa shape index (κ1) is 10.4. The van der Waals surface area contributed by atoms with Gasteiger partial charge in [0.25, 0.3) is 0 Å². The Balaban J connectivity index is 2.18. The number of hydrogen-bond donors (Lipinski definition) is 1. The predicted octanol–water partition coefficient (Wildman–Crippen LogP) is 1.79. The molecule has 0 radical (unpaired) electrons. The van der Waals surface area contributed by atoms with E-state index in [0.29, 0.717) is 23.1 Å². The number of hydrogen-bond acceptors (Lipinski definition) is 3. The topological polar surface area (TPSA) is 48.1 Å². The normalized spacial score (nSPS) is 27.5. The molecule has 2 N–H and O–H groups in total. The Hall–Kier alpha value is -1.09. The van der Waals surface area contributed by atoms with Gasteiger partial charge in [-0.3, -0.25) is 0 Å². The molecule has 2 unspecified atom stereocenters. The SMILES string of the molecule is COc1ccc(C2C(CN)C2(C)C)cn1. The highest BCUT2D eigenvalue weighted by atomic mass is 16.5. The molecule has 1 saturated carbocycles. The van der Waals surface area contributed by atoms with Crippen molar-refractivity contribution >= 4 is 0 Å². The Morgan fingerprint density at radius 2 is 2.20 bits per heavy atom. The number of pyridine rings is 1. The molecule has 15 heavy (non-hydrogen) atoms. The summed E-state index contributed by atoms with van der Waals surface area (Å²) in [6.07, 6.45) is 1.90. The lowest BCUT2D eigenvalue weighted by Crippen LogP contribution is -2.05. The molecule has 0 aromatic carbocycles. The van der Waals surface area contributed by atoms with E-state index in [-0.39, 0.29) is 0 Å². The first-order chi connectivity index (χ1) is 7.11. The van der Waals surface area contributed by atoms with E-state index in [1.165, 1.54) is 5.56 Å². The fourth-order valence-electron chi connectivity index (χ4n) is 2.54. The molecule has 0 aliphatic heterocycles. The van der Waals surface area contributed by atoms with Crippen LogP contribution in [0.1, 0.15) is 25.3 Å². The minimum Gasteiger partial charge on any atom is -0.481 e. The molecule has 1 aromatic heterocycles. The molecule has 0 spiro atoms. The fourth-order valence-corrected chi connectivity index (χ4v) is 2.54. The van der Waals surface area contributed by atoms with E-state index in [1.54, 1.807) is 7.11 Å². The molecule has 0 amide bonds. The van der Waals surface area contributed by atoms with Crippen molar-refractivity contribution in [2.24, 2.45) is 17.1 Å². The van der Waals surface area contributed by atoms with Gasteiger partial charge in [0.15, 0.2) is 0 Å². The number of nitrogens with zero attached hydrogens (tertiary/aromatic N) is 1. The Morgan fingerprint density at radius 3 is 2.60 bits per heavy atom. The van der Waals surface area contributed by atoms with Gasteiger partial charge in [0, 0.05) is 12.3 Å². The summed E-state index contributed by atoms with van der Waals surface area (Å²) in [4.78, 5) is 4.23. The summed E-state index contributed by atoms with van der Waals surface area (Å²) in [5.41, 5.74) is 7.35. The molecule has 1 fully saturated rings. The van der Waals surface area contributed by atoms with Crippen LogP contribution in [0.5, 0.6) is 5.88 Å². The Morgan fingerprint density at radius 1 is 1.47 bits per heavy atom. The van der Waals surface area contributed by atoms with Gasteiger partial charge < -0.3 is 10.5 Å². The van der Waals surface area contributed by atoms with Crippen LogP contribution in [-0.4, -0.2) is 18.6 Å². The molecule has 0 bridgehead atoms. The molecule has 2 atom stereocenters. The van der Waals surface area contributed by atoms with Crippen LogP contribution >= 0.6 is 0 Å². The molecule has 3 heteroatoms. The third-order valence-corrected chi connectivity index (χ3v) is 3.63. The summed E-state index contributed by atoms with van der Waals surface area (Å²) in [5.74, 6) is 1.81. The highest BCUT2D eigenvalue weighted by Gasteiger charge is 2.57. The largest absolute Gasteiger partial charge is 0.481 e. The van der Waals surface area contributed by atoms with Gasteiger partial charge in [0.05, 0.1) is 7.11 Å². The number of nitrogens with two attached hydrogens (primary N) is 1. The Bertz CT molecular complexity index is 345. The van der Waals surface area contributed by atoms with Crippen LogP contribution in [0.25, 0.3) is 0 Å². The molecule has 0 saturated heterocycles. The van der Waals surface area contributed by atoms with E-state index >= 15 is 0 Å². The van der Waals surface area contributed by atoms with Gasteiger partial charge in [-0.2, -0.15) is 0 Å². The van der Waals surface area contributed by atoms with Gasteiger partial charge in [-0.1, -0.05) is 19.9 Å². The molecule has 2 rings (SSSR count). The van der Waals surface area contributed by atoms with Crippen LogP contribution in [0.3, 0.4) is 0 Å². The highest BCUT2D eigenvalue weighted by molar-refractivity contribution is 5.31. The third-order valence-electron chi connectivity index (χ3n) is 3.63. The van der Waals surface area contributed by atoms with E-state index in [0.717, 1.165) is 6.54 Å². The molecule has 1 aliphatic rings. The van der Waals surface area contributed by atoms with Gasteiger partial charge in [-0.05, 0) is 29.4 Å². The predicted molar refractivity (Wildman–Crippen MR) is 59.9 cm³/mol. The molecular formula is C12H18N2O. The van der Waals surface area contributed by atoms with Crippen LogP contribution in [0.2, 0.25) is 0 Å². The summed E-state index contributed by atoms with van der Waals surface area (Å²) in [6, 6.07) is 4.01. The van der Waals surface area contributed by atoms with Gasteiger partial charge >= 0.3 is 0 Å². The zero-order valence-electron chi connectivity index (χ0n) is 9.53. The van der Waals surface area contributed by atoms with E-state index in [9.17, 15) is 0 Å². The average molecular weight is 206 g/mol. The zero-order valence-corrected chi connectivity index (χ0v) is 9.53. The second-order valence-electron chi connectivity index (χ2n) is 4.78. The third kappa shape index (κ3) is 1.61. The van der Waals surface area contributed by atoms with Crippen LogP contribution in [0.15, 0.2) is 18.3 Å². The quantitative estimate of drug-likeness (QED) is 0.820. The lowest BCUT2D eigenvalue weighted by atomic mass is 10.1. The van der Waals surface area contributed by atoms with Crippen LogP contribution < -0.4 is 10.5 Å². The second-order valence-corrected chi connectivity index (χ2v) is 4.78. The van der Waals surface area contributed by atoms with Crippen molar-refractivity contribution in [2.45, 2.75) is 19.8 Å². The first-order valence-electron chi connectivity index (χ1n) is 5.31. The van der Waals surface area contributed by atoms with Gasteiger partial charge in [0.2, 0.25) is 5.88 Å². The van der Waals surface area contributed by atoms with E-state index in [2.05, 4.69) is 24.9 Å². The molecular weight excluding hydrogens is 188 g/mol. The van der Waals surface area contributed by atoms with Crippen molar-refractivity contribution in [1.29, 1.82) is 0 Å². The molecule has 82 valence electrons. The zero-order chi connectivity index (χ0) is 11.1. The lowest BCUT2D eigenvalue weighted by molar-refractivity contribution is 0.397. The van der Waals surface area contributed by atoms with Gasteiger partial charge in [-0.15, -0.1) is 0 Å². The Kier molecular flexibility index (Phi) is 2.43. The van der Waals surface area contributed by atoms with Crippen LogP contribution in [0.4, 0.5) is 0 Å². The van der Waals surface area contributed by atoms with Crippen molar-refractivity contribution in [3.05, 3.63) is 23.9 Å². The summed E-state index contributed by atoms with van der Waals surface area (Å²) in [5, 5.41) is 0. The standard InChI is InChI=1S/C12H18N2O/c1-12(2)9(6-13)11(12)8-4-5-10(15-3)14-7-8/h4-5,7,9,11H,6,13H2,1-3H3. The van der Waals surface area contributed by atoms with Gasteiger partial charge in [-0.25, -0.2) is 4.98 Å². The second kappa shape index (κ2) is 3.49. The van der Waals surface area contributed by atoms with E-state index < -0.39 is 0 Å². The number of aromatic nitrogens is 1. The lowest BCUT2D eigenvalue weighted by Gasteiger charge is -2.03. The van der Waals surface area contributed by atoms with E-state index in [1.807, 2.05) is 12.3 Å². The van der Waals surface area contributed by atoms with Crippen LogP contribution in [0, 0.1) is 11.3 Å². The minimum absolute atomic E-state index is 0.324. The summed E-state index contributed by atoms with van der Waals surface area (Å²) < 4.78 is 5.04. The van der Waals surface area contributed by atoms with Crippen molar-refractivity contribution in [3.63, 3.8) is 0 Å². The number of methoxy groups -OCH3 is 1. The Labute approximate surface area is 90.7 Å². The van der Waals surface area contributed by atoms with Crippen molar-refractivity contribution in [1.82, 2.24) is 4.98 Å². The van der Waals surface area contributed by atoms with Crippen molar-refractivity contribution in [3.8, 4) is 5.88 Å². The molecule has 1 heterocycles. The monoisotopic (exact) mass is 206 g/mol.